The van der Waals surface area contributed by atoms with Crippen LogP contribution in [-0.4, -0.2) is 31.9 Å². The molecule has 1 aromatic carbocycles. The molecule has 102 valence electrons. The highest BCUT2D eigenvalue weighted by Crippen LogP contribution is 2.26. The number of hydrogen-bond acceptors (Lipinski definition) is 4. The second-order valence-corrected chi connectivity index (χ2v) is 5.85. The number of amides is 1. The Morgan fingerprint density at radius 2 is 2.11 bits per heavy atom. The number of nitrogens with two attached hydrogens (primary N) is 1. The molecule has 0 spiro atoms. The van der Waals surface area contributed by atoms with Gasteiger partial charge < -0.3 is 10.0 Å². The van der Waals surface area contributed by atoms with Gasteiger partial charge in [0.05, 0.1) is 10.8 Å². The Hall–Kier alpha value is -1.93. The maximum absolute atomic E-state index is 11.7. The van der Waals surface area contributed by atoms with Crippen LogP contribution in [0.5, 0.6) is 0 Å². The van der Waals surface area contributed by atoms with Crippen molar-refractivity contribution in [2.75, 3.05) is 11.4 Å². The lowest BCUT2D eigenvalue weighted by atomic mass is 10.1. The molecule has 1 saturated heterocycles. The van der Waals surface area contributed by atoms with E-state index in [9.17, 15) is 18.0 Å². The van der Waals surface area contributed by atoms with Crippen molar-refractivity contribution >= 4 is 27.6 Å². The van der Waals surface area contributed by atoms with E-state index in [1.165, 1.54) is 29.2 Å². The van der Waals surface area contributed by atoms with Crippen molar-refractivity contribution in [1.29, 1.82) is 0 Å². The molecule has 0 radical (unpaired) electrons. The van der Waals surface area contributed by atoms with Crippen molar-refractivity contribution in [3.05, 3.63) is 24.3 Å². The summed E-state index contributed by atoms with van der Waals surface area (Å²) in [4.78, 5) is 23.7. The van der Waals surface area contributed by atoms with Crippen LogP contribution >= 0.6 is 0 Å². The molecule has 1 aliphatic rings. The Morgan fingerprint density at radius 1 is 1.42 bits per heavy atom. The number of hydrogen-bond donors (Lipinski definition) is 2. The lowest BCUT2D eigenvalue weighted by molar-refractivity contribution is -0.141. The fourth-order valence-corrected chi connectivity index (χ4v) is 2.50. The van der Waals surface area contributed by atoms with E-state index in [0.717, 1.165) is 0 Å². The summed E-state index contributed by atoms with van der Waals surface area (Å²) in [7, 11) is -3.86. The van der Waals surface area contributed by atoms with Crippen molar-refractivity contribution in [2.45, 2.75) is 11.3 Å². The standard InChI is InChI=1S/C11H12N2O5S/c12-19(17,18)9-3-1-2-8(5-9)13-6-7(11(15)16)4-10(13)14/h1-3,5,7H,4,6H2,(H,15,16)(H2,12,17,18)/t7-/m0/s1. The first-order chi connectivity index (χ1) is 8.79. The Kier molecular flexibility index (Phi) is 3.29. The molecule has 2 rings (SSSR count). The third kappa shape index (κ3) is 2.74. The molecule has 0 aliphatic carbocycles. The molecule has 1 aliphatic heterocycles. The summed E-state index contributed by atoms with van der Waals surface area (Å²) in [5, 5.41) is 13.9. The van der Waals surface area contributed by atoms with Crippen LogP contribution < -0.4 is 10.0 Å². The molecular formula is C11H12N2O5S. The minimum atomic E-state index is -3.86. The topological polar surface area (TPSA) is 118 Å². The van der Waals surface area contributed by atoms with Crippen molar-refractivity contribution in [3.8, 4) is 0 Å². The predicted molar refractivity (Wildman–Crippen MR) is 65.9 cm³/mol. The maximum Gasteiger partial charge on any atom is 0.308 e. The van der Waals surface area contributed by atoms with Crippen molar-refractivity contribution < 1.29 is 23.1 Å². The van der Waals surface area contributed by atoms with E-state index in [-0.39, 0.29) is 23.8 Å². The summed E-state index contributed by atoms with van der Waals surface area (Å²) in [6.07, 6.45) is -0.0884. The minimum Gasteiger partial charge on any atom is -0.481 e. The first-order valence-corrected chi connectivity index (χ1v) is 6.99. The number of carbonyl (C=O) groups is 2. The number of nitrogens with zero attached hydrogens (tertiary/aromatic N) is 1. The van der Waals surface area contributed by atoms with Crippen molar-refractivity contribution in [2.24, 2.45) is 11.1 Å². The Labute approximate surface area is 109 Å². The summed E-state index contributed by atoms with van der Waals surface area (Å²) in [5.74, 6) is -2.16. The van der Waals surface area contributed by atoms with E-state index in [1.807, 2.05) is 0 Å². The smallest absolute Gasteiger partial charge is 0.308 e. The normalized spacial score (nSPS) is 19.7. The van der Waals surface area contributed by atoms with E-state index in [4.69, 9.17) is 10.2 Å². The number of anilines is 1. The molecule has 8 heteroatoms. The van der Waals surface area contributed by atoms with Crippen LogP contribution in [0.15, 0.2) is 29.2 Å². The van der Waals surface area contributed by atoms with Crippen LogP contribution in [0.25, 0.3) is 0 Å². The first-order valence-electron chi connectivity index (χ1n) is 5.45. The summed E-state index contributed by atoms with van der Waals surface area (Å²) in [5.41, 5.74) is 0.334. The number of sulfonamides is 1. The molecule has 7 nitrogen and oxygen atoms in total. The van der Waals surface area contributed by atoms with Crippen LogP contribution in [0.3, 0.4) is 0 Å². The van der Waals surface area contributed by atoms with Gasteiger partial charge in [-0.15, -0.1) is 0 Å². The number of benzene rings is 1. The molecule has 1 fully saturated rings. The quantitative estimate of drug-likeness (QED) is 0.795. The fourth-order valence-electron chi connectivity index (χ4n) is 1.95. The third-order valence-corrected chi connectivity index (χ3v) is 3.84. The fraction of sp³-hybridized carbons (Fsp3) is 0.273. The summed E-state index contributed by atoms with van der Waals surface area (Å²) < 4.78 is 22.5. The second kappa shape index (κ2) is 4.63. The van der Waals surface area contributed by atoms with Gasteiger partial charge in [-0.05, 0) is 18.2 Å². The van der Waals surface area contributed by atoms with Gasteiger partial charge in [0.1, 0.15) is 0 Å². The Bertz CT molecular complexity index is 640. The molecule has 0 saturated carbocycles. The highest BCUT2D eigenvalue weighted by Gasteiger charge is 2.35. The van der Waals surface area contributed by atoms with E-state index < -0.39 is 21.9 Å². The minimum absolute atomic E-state index is 0.0300. The number of carbonyl (C=O) groups excluding carboxylic acids is 1. The average molecular weight is 284 g/mol. The summed E-state index contributed by atoms with van der Waals surface area (Å²) in [6.45, 7) is 0.0300. The Morgan fingerprint density at radius 3 is 2.63 bits per heavy atom. The largest absolute Gasteiger partial charge is 0.481 e. The molecule has 1 heterocycles. The summed E-state index contributed by atoms with van der Waals surface area (Å²) in [6, 6.07) is 5.57. The van der Waals surface area contributed by atoms with Gasteiger partial charge in [0.15, 0.2) is 0 Å². The van der Waals surface area contributed by atoms with Gasteiger partial charge in [0.25, 0.3) is 0 Å². The molecular weight excluding hydrogens is 272 g/mol. The van der Waals surface area contributed by atoms with Gasteiger partial charge in [-0.2, -0.15) is 0 Å². The molecule has 1 amide bonds. The Balaban J connectivity index is 2.33. The van der Waals surface area contributed by atoms with Crippen LogP contribution in [-0.2, 0) is 19.6 Å². The number of rotatable bonds is 3. The molecule has 1 aromatic rings. The summed E-state index contributed by atoms with van der Waals surface area (Å²) >= 11 is 0. The molecule has 0 bridgehead atoms. The number of primary sulfonamides is 1. The highest BCUT2D eigenvalue weighted by atomic mass is 32.2. The number of carboxylic acids is 1. The lowest BCUT2D eigenvalue weighted by Crippen LogP contribution is -2.26. The molecule has 0 unspecified atom stereocenters. The van der Waals surface area contributed by atoms with Crippen LogP contribution in [0, 0.1) is 5.92 Å². The van der Waals surface area contributed by atoms with Gasteiger partial charge in [-0.1, -0.05) is 6.07 Å². The van der Waals surface area contributed by atoms with Crippen molar-refractivity contribution in [3.63, 3.8) is 0 Å². The van der Waals surface area contributed by atoms with Gasteiger partial charge in [0.2, 0.25) is 15.9 Å². The molecule has 3 N–H and O–H groups in total. The van der Waals surface area contributed by atoms with Crippen LogP contribution in [0.2, 0.25) is 0 Å². The van der Waals surface area contributed by atoms with Gasteiger partial charge in [0, 0.05) is 18.7 Å². The monoisotopic (exact) mass is 284 g/mol. The van der Waals surface area contributed by atoms with E-state index in [2.05, 4.69) is 0 Å². The first kappa shape index (κ1) is 13.5. The molecule has 0 aromatic heterocycles. The molecule has 19 heavy (non-hydrogen) atoms. The van der Waals surface area contributed by atoms with Gasteiger partial charge >= 0.3 is 5.97 Å². The van der Waals surface area contributed by atoms with Crippen LogP contribution in [0.4, 0.5) is 5.69 Å². The van der Waals surface area contributed by atoms with Gasteiger partial charge in [-0.3, -0.25) is 9.59 Å². The van der Waals surface area contributed by atoms with Crippen molar-refractivity contribution in [1.82, 2.24) is 0 Å². The number of carboxylic acid groups (broad SMARTS) is 1. The van der Waals surface area contributed by atoms with Gasteiger partial charge in [-0.25, -0.2) is 13.6 Å². The maximum atomic E-state index is 11.7. The zero-order valence-corrected chi connectivity index (χ0v) is 10.6. The van der Waals surface area contributed by atoms with Crippen LogP contribution in [0.1, 0.15) is 6.42 Å². The lowest BCUT2D eigenvalue weighted by Gasteiger charge is -2.16. The second-order valence-electron chi connectivity index (χ2n) is 4.29. The predicted octanol–water partition coefficient (Wildman–Crippen LogP) is -0.229. The van der Waals surface area contributed by atoms with E-state index in [1.54, 1.807) is 0 Å². The van der Waals surface area contributed by atoms with E-state index in [0.29, 0.717) is 5.69 Å². The SMILES string of the molecule is NS(=O)(=O)c1cccc(N2C[C@@H](C(=O)O)CC2=O)c1. The average Bonchev–Trinajstić information content (AvgIpc) is 2.71. The number of aliphatic carboxylic acids is 1. The highest BCUT2D eigenvalue weighted by molar-refractivity contribution is 7.89. The zero-order chi connectivity index (χ0) is 14.2. The molecule has 1 atom stereocenters. The zero-order valence-electron chi connectivity index (χ0n) is 9.81. The van der Waals surface area contributed by atoms with E-state index >= 15 is 0 Å². The third-order valence-electron chi connectivity index (χ3n) is 2.93.